The summed E-state index contributed by atoms with van der Waals surface area (Å²) in [4.78, 5) is 34.2. The van der Waals surface area contributed by atoms with Gasteiger partial charge in [-0.3, -0.25) is 9.59 Å². The third kappa shape index (κ3) is 4.79. The molecule has 0 aliphatic carbocycles. The first kappa shape index (κ1) is 16.5. The fourth-order valence-corrected chi connectivity index (χ4v) is 1.73. The highest BCUT2D eigenvalue weighted by molar-refractivity contribution is 5.88. The summed E-state index contributed by atoms with van der Waals surface area (Å²) in [7, 11) is 0. The van der Waals surface area contributed by atoms with E-state index in [1.807, 2.05) is 0 Å². The molecule has 114 valence electrons. The number of nitrogens with two attached hydrogens (primary N) is 1. The molecule has 3 unspecified atom stereocenters. The Morgan fingerprint density at radius 1 is 1.10 bits per heavy atom. The van der Waals surface area contributed by atoms with Crippen LogP contribution in [0.5, 0.6) is 0 Å². The van der Waals surface area contributed by atoms with Gasteiger partial charge < -0.3 is 21.5 Å². The van der Waals surface area contributed by atoms with Crippen LogP contribution in [0.25, 0.3) is 0 Å². The molecule has 1 aromatic carbocycles. The van der Waals surface area contributed by atoms with Crippen LogP contribution in [0.15, 0.2) is 30.3 Å². The van der Waals surface area contributed by atoms with Crippen LogP contribution in [0.3, 0.4) is 0 Å². The average molecular weight is 293 g/mol. The van der Waals surface area contributed by atoms with E-state index in [9.17, 15) is 14.4 Å². The van der Waals surface area contributed by atoms with Gasteiger partial charge in [-0.05, 0) is 19.4 Å². The maximum absolute atomic E-state index is 12.2. The molecule has 3 atom stereocenters. The third-order valence-electron chi connectivity index (χ3n) is 3.19. The first-order valence-electron chi connectivity index (χ1n) is 6.47. The molecule has 0 bridgehead atoms. The van der Waals surface area contributed by atoms with Crippen LogP contribution in [-0.4, -0.2) is 29.1 Å². The minimum Gasteiger partial charge on any atom is -0.481 e. The number of nitrogens with one attached hydrogen (secondary N) is 2. The maximum atomic E-state index is 12.2. The van der Waals surface area contributed by atoms with Gasteiger partial charge in [0.2, 0.25) is 5.91 Å². The first-order valence-corrected chi connectivity index (χ1v) is 6.47. The average Bonchev–Trinajstić information content (AvgIpc) is 2.44. The van der Waals surface area contributed by atoms with Crippen LogP contribution >= 0.6 is 0 Å². The summed E-state index contributed by atoms with van der Waals surface area (Å²) in [6.07, 6.45) is 0. The van der Waals surface area contributed by atoms with Gasteiger partial charge in [-0.1, -0.05) is 30.3 Å². The van der Waals surface area contributed by atoms with Crippen molar-refractivity contribution >= 4 is 17.9 Å². The SMILES string of the molecule is CC(NC(=O)C(NC(N)=O)c1ccccc1)C(C)C(=O)O. The lowest BCUT2D eigenvalue weighted by molar-refractivity contribution is -0.142. The minimum atomic E-state index is -1.01. The topological polar surface area (TPSA) is 122 Å². The molecule has 0 heterocycles. The van der Waals surface area contributed by atoms with E-state index in [-0.39, 0.29) is 0 Å². The van der Waals surface area contributed by atoms with Gasteiger partial charge in [0.15, 0.2) is 0 Å². The number of carbonyl (C=O) groups excluding carboxylic acids is 2. The molecule has 7 nitrogen and oxygen atoms in total. The Morgan fingerprint density at radius 2 is 1.67 bits per heavy atom. The van der Waals surface area contributed by atoms with Crippen LogP contribution in [0.4, 0.5) is 4.79 Å². The summed E-state index contributed by atoms with van der Waals surface area (Å²) < 4.78 is 0. The molecule has 7 heteroatoms. The molecule has 0 aromatic heterocycles. The summed E-state index contributed by atoms with van der Waals surface area (Å²) in [6.45, 7) is 3.08. The van der Waals surface area contributed by atoms with Gasteiger partial charge in [0.25, 0.3) is 0 Å². The van der Waals surface area contributed by atoms with Crippen molar-refractivity contribution in [2.45, 2.75) is 25.9 Å². The summed E-state index contributed by atoms with van der Waals surface area (Å²) in [5.41, 5.74) is 5.64. The van der Waals surface area contributed by atoms with Crippen molar-refractivity contribution in [2.24, 2.45) is 11.7 Å². The number of primary amides is 1. The molecule has 5 N–H and O–H groups in total. The van der Waals surface area contributed by atoms with E-state index < -0.39 is 35.9 Å². The molecule has 0 aliphatic heterocycles. The Kier molecular flexibility index (Phi) is 5.71. The smallest absolute Gasteiger partial charge is 0.313 e. The molecule has 0 aliphatic rings. The quantitative estimate of drug-likeness (QED) is 0.614. The van der Waals surface area contributed by atoms with Crippen LogP contribution in [-0.2, 0) is 9.59 Å². The number of amides is 3. The van der Waals surface area contributed by atoms with Crippen LogP contribution in [0, 0.1) is 5.92 Å². The normalized spacial score (nSPS) is 14.6. The van der Waals surface area contributed by atoms with Crippen molar-refractivity contribution in [3.63, 3.8) is 0 Å². The number of aliphatic carboxylic acids is 1. The highest BCUT2D eigenvalue weighted by Crippen LogP contribution is 2.14. The number of hydrogen-bond donors (Lipinski definition) is 4. The number of urea groups is 1. The monoisotopic (exact) mass is 293 g/mol. The number of rotatable bonds is 6. The molecule has 0 fully saturated rings. The fourth-order valence-electron chi connectivity index (χ4n) is 1.73. The van der Waals surface area contributed by atoms with Crippen molar-refractivity contribution < 1.29 is 19.5 Å². The van der Waals surface area contributed by atoms with E-state index in [0.717, 1.165) is 0 Å². The number of benzene rings is 1. The lowest BCUT2D eigenvalue weighted by Crippen LogP contribution is -2.47. The summed E-state index contributed by atoms with van der Waals surface area (Å²) in [5, 5.41) is 13.8. The highest BCUT2D eigenvalue weighted by Gasteiger charge is 2.26. The minimum absolute atomic E-state index is 0.513. The predicted octanol–water partition coefficient (Wildman–Crippen LogP) is 0.621. The van der Waals surface area contributed by atoms with E-state index in [1.54, 1.807) is 37.3 Å². The molecular formula is C14H19N3O4. The molecule has 0 radical (unpaired) electrons. The number of carboxylic acid groups (broad SMARTS) is 1. The fraction of sp³-hybridized carbons (Fsp3) is 0.357. The molecule has 3 amide bonds. The molecule has 1 aromatic rings. The third-order valence-corrected chi connectivity index (χ3v) is 3.19. The van der Waals surface area contributed by atoms with Crippen molar-refractivity contribution in [3.8, 4) is 0 Å². The van der Waals surface area contributed by atoms with Crippen molar-refractivity contribution in [1.29, 1.82) is 0 Å². The number of carboxylic acids is 1. The van der Waals surface area contributed by atoms with Crippen molar-refractivity contribution in [3.05, 3.63) is 35.9 Å². The zero-order chi connectivity index (χ0) is 16.0. The van der Waals surface area contributed by atoms with Crippen LogP contribution in [0.2, 0.25) is 0 Å². The zero-order valence-corrected chi connectivity index (χ0v) is 11.9. The first-order chi connectivity index (χ1) is 9.82. The predicted molar refractivity (Wildman–Crippen MR) is 76.3 cm³/mol. The second-order valence-electron chi connectivity index (χ2n) is 4.78. The van der Waals surface area contributed by atoms with E-state index in [4.69, 9.17) is 10.8 Å². The van der Waals surface area contributed by atoms with Crippen molar-refractivity contribution in [1.82, 2.24) is 10.6 Å². The van der Waals surface area contributed by atoms with Gasteiger partial charge in [-0.15, -0.1) is 0 Å². The zero-order valence-electron chi connectivity index (χ0n) is 11.9. The largest absolute Gasteiger partial charge is 0.481 e. The van der Waals surface area contributed by atoms with E-state index in [0.29, 0.717) is 5.56 Å². The van der Waals surface area contributed by atoms with E-state index in [2.05, 4.69) is 10.6 Å². The van der Waals surface area contributed by atoms with Crippen LogP contribution < -0.4 is 16.4 Å². The summed E-state index contributed by atoms with van der Waals surface area (Å²) in [6, 6.07) is 6.18. The lowest BCUT2D eigenvalue weighted by atomic mass is 10.0. The molecule has 0 spiro atoms. The Bertz CT molecular complexity index is 518. The van der Waals surface area contributed by atoms with Gasteiger partial charge in [-0.2, -0.15) is 0 Å². The summed E-state index contributed by atoms with van der Waals surface area (Å²) in [5.74, 6) is -2.28. The molecule has 1 rings (SSSR count). The molecule has 0 saturated heterocycles. The van der Waals surface area contributed by atoms with Gasteiger partial charge in [0.1, 0.15) is 6.04 Å². The Labute approximate surface area is 122 Å². The van der Waals surface area contributed by atoms with Crippen LogP contribution in [0.1, 0.15) is 25.5 Å². The molecular weight excluding hydrogens is 274 g/mol. The van der Waals surface area contributed by atoms with Gasteiger partial charge >= 0.3 is 12.0 Å². The van der Waals surface area contributed by atoms with Gasteiger partial charge in [-0.25, -0.2) is 4.79 Å². The lowest BCUT2D eigenvalue weighted by Gasteiger charge is -2.23. The Balaban J connectivity index is 2.87. The van der Waals surface area contributed by atoms with Gasteiger partial charge in [0.05, 0.1) is 5.92 Å². The number of hydrogen-bond acceptors (Lipinski definition) is 3. The maximum Gasteiger partial charge on any atom is 0.313 e. The van der Waals surface area contributed by atoms with E-state index >= 15 is 0 Å². The highest BCUT2D eigenvalue weighted by atomic mass is 16.4. The summed E-state index contributed by atoms with van der Waals surface area (Å²) >= 11 is 0. The molecule has 21 heavy (non-hydrogen) atoms. The van der Waals surface area contributed by atoms with E-state index in [1.165, 1.54) is 6.92 Å². The second-order valence-corrected chi connectivity index (χ2v) is 4.78. The Hall–Kier alpha value is -2.57. The number of carbonyl (C=O) groups is 3. The van der Waals surface area contributed by atoms with Gasteiger partial charge in [0, 0.05) is 6.04 Å². The molecule has 0 saturated carbocycles. The van der Waals surface area contributed by atoms with Crippen molar-refractivity contribution in [2.75, 3.05) is 0 Å². The Morgan fingerprint density at radius 3 is 2.14 bits per heavy atom. The standard InChI is InChI=1S/C14H19N3O4/c1-8(13(19)20)9(2)16-12(18)11(17-14(15)21)10-6-4-3-5-7-10/h3-9,11H,1-2H3,(H,16,18)(H,19,20)(H3,15,17,21). The second kappa shape index (κ2) is 7.28.